The molecule has 1 atom stereocenters. The van der Waals surface area contributed by atoms with Crippen LogP contribution in [0.1, 0.15) is 39.7 Å². The van der Waals surface area contributed by atoms with Crippen molar-refractivity contribution in [3.8, 4) is 11.3 Å². The van der Waals surface area contributed by atoms with Gasteiger partial charge < -0.3 is 15.5 Å². The van der Waals surface area contributed by atoms with Crippen molar-refractivity contribution >= 4 is 39.1 Å². The van der Waals surface area contributed by atoms with Crippen molar-refractivity contribution in [2.75, 3.05) is 5.32 Å². The van der Waals surface area contributed by atoms with Crippen LogP contribution in [0.15, 0.2) is 34.9 Å². The Balaban J connectivity index is 1.85. The maximum atomic E-state index is 13.5. The van der Waals surface area contributed by atoms with E-state index < -0.39 is 41.6 Å². The fourth-order valence-corrected chi connectivity index (χ4v) is 4.53. The molecule has 0 saturated heterocycles. The third-order valence-electron chi connectivity index (χ3n) is 5.17. The summed E-state index contributed by atoms with van der Waals surface area (Å²) >= 11 is 0.521. The van der Waals surface area contributed by atoms with Crippen molar-refractivity contribution in [3.63, 3.8) is 0 Å². The first kappa shape index (κ1) is 25.2. The summed E-state index contributed by atoms with van der Waals surface area (Å²) in [5.74, 6) is -1.97. The molecule has 8 nitrogen and oxygen atoms in total. The van der Waals surface area contributed by atoms with Gasteiger partial charge in [0.05, 0.1) is 12.0 Å². The quantitative estimate of drug-likeness (QED) is 0.335. The molecule has 0 aliphatic heterocycles. The van der Waals surface area contributed by atoms with Gasteiger partial charge in [-0.05, 0) is 38.1 Å². The summed E-state index contributed by atoms with van der Waals surface area (Å²) in [6.45, 7) is 2.58. The first-order valence-electron chi connectivity index (χ1n) is 10.0. The van der Waals surface area contributed by atoms with Gasteiger partial charge in [0.1, 0.15) is 27.2 Å². The van der Waals surface area contributed by atoms with Gasteiger partial charge in [-0.3, -0.25) is 14.3 Å². The van der Waals surface area contributed by atoms with Crippen LogP contribution < -0.4 is 11.1 Å². The number of furan rings is 1. The third kappa shape index (κ3) is 4.53. The first-order valence-corrected chi connectivity index (χ1v) is 10.8. The van der Waals surface area contributed by atoms with Crippen LogP contribution in [0.5, 0.6) is 0 Å². The van der Waals surface area contributed by atoms with E-state index in [2.05, 4.69) is 15.4 Å². The third-order valence-corrected chi connectivity index (χ3v) is 6.27. The van der Waals surface area contributed by atoms with Crippen LogP contribution in [0.25, 0.3) is 21.5 Å². The number of halogens is 6. The van der Waals surface area contributed by atoms with Crippen molar-refractivity contribution in [3.05, 3.63) is 52.5 Å². The van der Waals surface area contributed by atoms with Gasteiger partial charge in [-0.2, -0.15) is 31.4 Å². The molecule has 0 radical (unpaired) electrons. The largest absolute Gasteiger partial charge is 0.464 e. The molecule has 3 N–H and O–H groups in total. The number of carbonyl (C=O) groups is 2. The number of aromatic nitrogens is 3. The number of carbonyl (C=O) groups excluding carboxylic acids is 2. The van der Waals surface area contributed by atoms with E-state index in [1.165, 1.54) is 32.2 Å². The Morgan fingerprint density at radius 2 is 1.81 bits per heavy atom. The number of nitrogens with one attached hydrogen (secondary N) is 1. The number of anilines is 1. The summed E-state index contributed by atoms with van der Waals surface area (Å²) in [6.07, 6.45) is -8.36. The number of pyridine rings is 1. The maximum Gasteiger partial charge on any atom is 0.435 e. The Kier molecular flexibility index (Phi) is 6.06. The van der Waals surface area contributed by atoms with Gasteiger partial charge in [0, 0.05) is 16.6 Å². The zero-order valence-corrected chi connectivity index (χ0v) is 19.1. The molecule has 4 aromatic rings. The number of amides is 2. The lowest BCUT2D eigenvalue weighted by Crippen LogP contribution is -2.26. The van der Waals surface area contributed by atoms with Gasteiger partial charge >= 0.3 is 12.4 Å². The Bertz CT molecular complexity index is 1470. The molecule has 4 aromatic heterocycles. The molecule has 0 fully saturated rings. The molecule has 0 aliphatic carbocycles. The second-order valence-corrected chi connectivity index (χ2v) is 8.66. The molecule has 4 heterocycles. The van der Waals surface area contributed by atoms with E-state index in [0.717, 1.165) is 10.7 Å². The summed E-state index contributed by atoms with van der Waals surface area (Å²) in [5.41, 5.74) is 2.60. The minimum atomic E-state index is -4.84. The number of nitrogens with two attached hydrogens (primary N) is 1. The first-order chi connectivity index (χ1) is 16.7. The number of nitrogens with zero attached hydrogens (tertiary/aromatic N) is 3. The fourth-order valence-electron chi connectivity index (χ4n) is 3.52. The zero-order valence-electron chi connectivity index (χ0n) is 18.3. The molecule has 1 unspecified atom stereocenters. The van der Waals surface area contributed by atoms with Crippen LogP contribution >= 0.6 is 11.3 Å². The molecule has 2 amide bonds. The number of hydrogen-bond acceptors (Lipinski definition) is 6. The summed E-state index contributed by atoms with van der Waals surface area (Å²) < 4.78 is 85.7. The molecular weight excluding hydrogens is 516 g/mol. The lowest BCUT2D eigenvalue weighted by molar-refractivity contribution is -0.142. The minimum absolute atomic E-state index is 0.0111. The van der Waals surface area contributed by atoms with Gasteiger partial charge in [0.15, 0.2) is 5.69 Å². The predicted octanol–water partition coefficient (Wildman–Crippen LogP) is 5.40. The number of aryl methyl sites for hydroxylation is 1. The Hall–Kier alpha value is -3.88. The van der Waals surface area contributed by atoms with Crippen molar-refractivity contribution in [2.45, 2.75) is 32.2 Å². The van der Waals surface area contributed by atoms with Gasteiger partial charge in [0.25, 0.3) is 5.91 Å². The van der Waals surface area contributed by atoms with Crippen LogP contribution in [0.2, 0.25) is 0 Å². The van der Waals surface area contributed by atoms with Crippen molar-refractivity contribution in [1.29, 1.82) is 0 Å². The number of alkyl halides is 6. The van der Waals surface area contributed by atoms with E-state index in [9.17, 15) is 35.9 Å². The zero-order chi connectivity index (χ0) is 26.6. The average Bonchev–Trinajstić information content (AvgIpc) is 3.50. The van der Waals surface area contributed by atoms with Crippen molar-refractivity contribution < 1.29 is 40.3 Å². The molecule has 0 saturated carbocycles. The average molecular weight is 531 g/mol. The number of fused-ring (bicyclic) bond motifs is 1. The van der Waals surface area contributed by atoms with Gasteiger partial charge in [-0.15, -0.1) is 11.3 Å². The summed E-state index contributed by atoms with van der Waals surface area (Å²) in [4.78, 5) is 28.2. The molecule has 0 bridgehead atoms. The van der Waals surface area contributed by atoms with E-state index in [1.807, 2.05) is 0 Å². The predicted molar refractivity (Wildman–Crippen MR) is 116 cm³/mol. The monoisotopic (exact) mass is 531 g/mol. The standard InChI is InChI=1S/C21H15F6N5O3S/c1-8-6-13(21(25,26)27)31-32(8)9(2)18(34)30-15-14-10(11-4-3-5-35-11)7-12(20(22,23)24)29-19(14)36-16(15)17(28)33/h3-7,9H,1-2H3,(H2,28,33)(H,30,34). The molecule has 15 heteroatoms. The van der Waals surface area contributed by atoms with E-state index >= 15 is 0 Å². The lowest BCUT2D eigenvalue weighted by Gasteiger charge is -2.16. The minimum Gasteiger partial charge on any atom is -0.464 e. The van der Waals surface area contributed by atoms with Crippen molar-refractivity contribution in [1.82, 2.24) is 14.8 Å². The van der Waals surface area contributed by atoms with Crippen LogP contribution in [0, 0.1) is 6.92 Å². The normalized spacial score (nSPS) is 13.2. The number of hydrogen-bond donors (Lipinski definition) is 2. The summed E-state index contributed by atoms with van der Waals surface area (Å²) in [5, 5.41) is 5.80. The van der Waals surface area contributed by atoms with Crippen LogP contribution in [0.4, 0.5) is 32.0 Å². The van der Waals surface area contributed by atoms with Crippen LogP contribution in [-0.2, 0) is 17.1 Å². The van der Waals surface area contributed by atoms with E-state index in [0.29, 0.717) is 17.4 Å². The molecule has 190 valence electrons. The fraction of sp³-hybridized carbons (Fsp3) is 0.238. The second-order valence-electron chi connectivity index (χ2n) is 7.66. The van der Waals surface area contributed by atoms with Gasteiger partial charge in [0.2, 0.25) is 5.91 Å². The summed E-state index contributed by atoms with van der Waals surface area (Å²) in [7, 11) is 0. The highest BCUT2D eigenvalue weighted by atomic mass is 32.1. The Labute approximate surface area is 201 Å². The van der Waals surface area contributed by atoms with Crippen LogP contribution in [0.3, 0.4) is 0 Å². The molecular formula is C21H15F6N5O3S. The molecule has 0 aromatic carbocycles. The highest BCUT2D eigenvalue weighted by molar-refractivity contribution is 7.21. The Morgan fingerprint density at radius 3 is 2.33 bits per heavy atom. The van der Waals surface area contributed by atoms with E-state index in [-0.39, 0.29) is 37.8 Å². The molecule has 0 spiro atoms. The molecule has 0 aliphatic rings. The number of thiophene rings is 1. The molecule has 36 heavy (non-hydrogen) atoms. The van der Waals surface area contributed by atoms with E-state index in [1.54, 1.807) is 0 Å². The number of primary amides is 1. The topological polar surface area (TPSA) is 116 Å². The highest BCUT2D eigenvalue weighted by Gasteiger charge is 2.37. The van der Waals surface area contributed by atoms with Gasteiger partial charge in [-0.25, -0.2) is 4.98 Å². The lowest BCUT2D eigenvalue weighted by atomic mass is 10.1. The SMILES string of the molecule is Cc1cc(C(F)(F)F)nn1C(C)C(=O)Nc1c(C(N)=O)sc2nc(C(F)(F)F)cc(-c3ccco3)c12. The smallest absolute Gasteiger partial charge is 0.435 e. The second kappa shape index (κ2) is 8.65. The van der Waals surface area contributed by atoms with Gasteiger partial charge in [-0.1, -0.05) is 0 Å². The summed E-state index contributed by atoms with van der Waals surface area (Å²) in [6, 6.07) is 2.96. The van der Waals surface area contributed by atoms with Crippen molar-refractivity contribution in [2.24, 2.45) is 5.73 Å². The molecule has 4 rings (SSSR count). The number of rotatable bonds is 5. The van der Waals surface area contributed by atoms with E-state index in [4.69, 9.17) is 10.2 Å². The maximum absolute atomic E-state index is 13.5. The van der Waals surface area contributed by atoms with Crippen LogP contribution in [-0.4, -0.2) is 26.6 Å². The highest BCUT2D eigenvalue weighted by Crippen LogP contribution is 2.44. The Morgan fingerprint density at radius 1 is 1.14 bits per heavy atom.